The lowest BCUT2D eigenvalue weighted by molar-refractivity contribution is 0.122. The second-order valence-corrected chi connectivity index (χ2v) is 8.24. The number of hydrogen-bond acceptors (Lipinski definition) is 7. The molecular weight excluding hydrogens is 354 g/mol. The summed E-state index contributed by atoms with van der Waals surface area (Å²) in [6.07, 6.45) is 4.46. The van der Waals surface area contributed by atoms with Crippen LogP contribution in [0.2, 0.25) is 0 Å². The Morgan fingerprint density at radius 2 is 1.96 bits per heavy atom. The van der Waals surface area contributed by atoms with Crippen LogP contribution in [0, 0.1) is 6.92 Å². The summed E-state index contributed by atoms with van der Waals surface area (Å²) in [6.45, 7) is 4.33. The van der Waals surface area contributed by atoms with Gasteiger partial charge in [-0.2, -0.15) is 5.10 Å². The summed E-state index contributed by atoms with van der Waals surface area (Å²) in [5, 5.41) is 7.42. The van der Waals surface area contributed by atoms with Gasteiger partial charge in [0.1, 0.15) is 17.0 Å². The second-order valence-electron chi connectivity index (χ2n) is 6.29. The lowest BCUT2D eigenvalue weighted by Crippen LogP contribution is -2.37. The van der Waals surface area contributed by atoms with Crippen LogP contribution in [0.1, 0.15) is 5.56 Å². The molecule has 4 rings (SSSR count). The van der Waals surface area contributed by atoms with Gasteiger partial charge in [-0.15, -0.1) is 0 Å². The average Bonchev–Trinajstić information content (AvgIpc) is 3.14. The molecular formula is C17H19N5O3S. The second kappa shape index (κ2) is 6.33. The molecule has 0 aliphatic carbocycles. The molecule has 0 bridgehead atoms. The van der Waals surface area contributed by atoms with Crippen molar-refractivity contribution in [1.29, 1.82) is 0 Å². The first kappa shape index (κ1) is 16.9. The van der Waals surface area contributed by atoms with Gasteiger partial charge in [-0.05, 0) is 19.1 Å². The minimum atomic E-state index is -3.46. The summed E-state index contributed by atoms with van der Waals surface area (Å²) in [7, 11) is -3.46. The normalized spacial score (nSPS) is 15.5. The van der Waals surface area contributed by atoms with Crippen LogP contribution in [0.3, 0.4) is 0 Å². The monoisotopic (exact) mass is 373 g/mol. The Morgan fingerprint density at radius 3 is 2.62 bits per heavy atom. The van der Waals surface area contributed by atoms with Crippen LogP contribution in [-0.2, 0) is 14.6 Å². The molecule has 1 N–H and O–H groups in total. The van der Waals surface area contributed by atoms with Crippen molar-refractivity contribution in [3.05, 3.63) is 30.1 Å². The number of fused-ring (bicyclic) bond motifs is 1. The molecule has 1 aliphatic rings. The maximum Gasteiger partial charge on any atom is 0.176 e. The highest BCUT2D eigenvalue weighted by Gasteiger charge is 2.25. The molecule has 0 saturated carbocycles. The number of H-pyrrole nitrogens is 1. The van der Waals surface area contributed by atoms with Crippen LogP contribution in [0.15, 0.2) is 29.4 Å². The van der Waals surface area contributed by atoms with E-state index < -0.39 is 9.84 Å². The Morgan fingerprint density at radius 1 is 1.19 bits per heavy atom. The fourth-order valence-corrected chi connectivity index (χ4v) is 4.60. The molecule has 8 nitrogen and oxygen atoms in total. The Kier molecular flexibility index (Phi) is 4.12. The average molecular weight is 373 g/mol. The van der Waals surface area contributed by atoms with E-state index in [1.165, 1.54) is 6.26 Å². The van der Waals surface area contributed by atoms with Gasteiger partial charge in [0, 0.05) is 42.7 Å². The van der Waals surface area contributed by atoms with E-state index in [-0.39, 0.29) is 0 Å². The highest BCUT2D eigenvalue weighted by molar-refractivity contribution is 7.91. The smallest absolute Gasteiger partial charge is 0.176 e. The van der Waals surface area contributed by atoms with Gasteiger partial charge in [-0.3, -0.25) is 10.1 Å². The van der Waals surface area contributed by atoms with Gasteiger partial charge in [0.15, 0.2) is 9.84 Å². The fourth-order valence-electron chi connectivity index (χ4n) is 3.39. The van der Waals surface area contributed by atoms with Gasteiger partial charge >= 0.3 is 0 Å². The summed E-state index contributed by atoms with van der Waals surface area (Å²) in [4.78, 5) is 11.6. The first-order valence-corrected chi connectivity index (χ1v) is 10.2. The third-order valence-corrected chi connectivity index (χ3v) is 5.77. The molecule has 0 spiro atoms. The van der Waals surface area contributed by atoms with E-state index in [2.05, 4.69) is 20.1 Å². The number of rotatable bonds is 3. The number of aromatic nitrogens is 4. The molecule has 1 fully saturated rings. The van der Waals surface area contributed by atoms with Gasteiger partial charge in [0.25, 0.3) is 0 Å². The third-order valence-electron chi connectivity index (χ3n) is 4.50. The predicted molar refractivity (Wildman–Crippen MR) is 98.0 cm³/mol. The SMILES string of the molecule is Cc1c(N2CCOCC2)nc2c(-c3ccn[nH]3)nccc2c1S(C)(=O)=O. The molecule has 136 valence electrons. The summed E-state index contributed by atoms with van der Waals surface area (Å²) in [5.74, 6) is 0.662. The number of sulfone groups is 1. The number of nitrogens with one attached hydrogen (secondary N) is 1. The summed E-state index contributed by atoms with van der Waals surface area (Å²) in [5.41, 5.74) is 2.48. The molecule has 4 heterocycles. The molecule has 1 saturated heterocycles. The number of aromatic amines is 1. The van der Waals surface area contributed by atoms with E-state index in [0.717, 1.165) is 0 Å². The number of morpholine rings is 1. The van der Waals surface area contributed by atoms with Crippen LogP contribution in [0.25, 0.3) is 22.3 Å². The van der Waals surface area contributed by atoms with Crippen LogP contribution >= 0.6 is 0 Å². The van der Waals surface area contributed by atoms with Crippen molar-refractivity contribution < 1.29 is 13.2 Å². The van der Waals surface area contributed by atoms with Crippen LogP contribution in [-0.4, -0.2) is 61.1 Å². The molecule has 0 amide bonds. The Hall–Kier alpha value is -2.52. The van der Waals surface area contributed by atoms with Crippen molar-refractivity contribution in [2.45, 2.75) is 11.8 Å². The molecule has 0 unspecified atom stereocenters. The quantitative estimate of drug-likeness (QED) is 0.743. The van der Waals surface area contributed by atoms with Crippen molar-refractivity contribution in [2.24, 2.45) is 0 Å². The number of hydrogen-bond donors (Lipinski definition) is 1. The summed E-state index contributed by atoms with van der Waals surface area (Å²) >= 11 is 0. The number of pyridine rings is 2. The zero-order chi connectivity index (χ0) is 18.3. The minimum absolute atomic E-state index is 0.298. The van der Waals surface area contributed by atoms with Crippen LogP contribution in [0.4, 0.5) is 5.82 Å². The lowest BCUT2D eigenvalue weighted by atomic mass is 10.1. The molecule has 0 atom stereocenters. The predicted octanol–water partition coefficient (Wildman–Crippen LogP) is 1.57. The van der Waals surface area contributed by atoms with Crippen molar-refractivity contribution in [3.63, 3.8) is 0 Å². The standard InChI is InChI=1S/C17H19N5O3S/c1-11-16(26(2,23)24)12-3-5-18-15(13-4-6-19-21-13)14(12)20-17(11)22-7-9-25-10-8-22/h3-6H,7-10H2,1-2H3,(H,19,21). The van der Waals surface area contributed by atoms with Crippen molar-refractivity contribution in [3.8, 4) is 11.4 Å². The Labute approximate surface area is 151 Å². The van der Waals surface area contributed by atoms with Crippen molar-refractivity contribution >= 4 is 26.6 Å². The molecule has 3 aromatic rings. The first-order valence-electron chi connectivity index (χ1n) is 8.28. The van der Waals surface area contributed by atoms with E-state index in [0.29, 0.717) is 64.9 Å². The Balaban J connectivity index is 2.06. The number of anilines is 1. The maximum absolute atomic E-state index is 12.6. The van der Waals surface area contributed by atoms with Crippen molar-refractivity contribution in [1.82, 2.24) is 20.2 Å². The number of nitrogens with zero attached hydrogens (tertiary/aromatic N) is 4. The first-order chi connectivity index (χ1) is 12.5. The van der Waals surface area contributed by atoms with E-state index in [9.17, 15) is 8.42 Å². The lowest BCUT2D eigenvalue weighted by Gasteiger charge is -2.30. The highest BCUT2D eigenvalue weighted by Crippen LogP contribution is 2.35. The molecule has 26 heavy (non-hydrogen) atoms. The molecule has 3 aromatic heterocycles. The minimum Gasteiger partial charge on any atom is -0.378 e. The van der Waals surface area contributed by atoms with Gasteiger partial charge in [0.05, 0.1) is 23.8 Å². The third kappa shape index (κ3) is 2.82. The van der Waals surface area contributed by atoms with Gasteiger partial charge in [0.2, 0.25) is 0 Å². The van der Waals surface area contributed by atoms with Crippen LogP contribution < -0.4 is 4.90 Å². The fraction of sp³-hybridized carbons (Fsp3) is 0.353. The van der Waals surface area contributed by atoms with E-state index in [1.807, 2.05) is 6.92 Å². The van der Waals surface area contributed by atoms with Crippen LogP contribution in [0.5, 0.6) is 0 Å². The number of ether oxygens (including phenoxy) is 1. The van der Waals surface area contributed by atoms with Gasteiger partial charge in [-0.25, -0.2) is 13.4 Å². The van der Waals surface area contributed by atoms with Gasteiger partial charge < -0.3 is 9.64 Å². The largest absolute Gasteiger partial charge is 0.378 e. The highest BCUT2D eigenvalue weighted by atomic mass is 32.2. The molecule has 1 aliphatic heterocycles. The summed E-state index contributed by atoms with van der Waals surface area (Å²) in [6, 6.07) is 3.49. The molecule has 9 heteroatoms. The van der Waals surface area contributed by atoms with E-state index in [4.69, 9.17) is 9.72 Å². The van der Waals surface area contributed by atoms with Gasteiger partial charge in [-0.1, -0.05) is 0 Å². The summed E-state index contributed by atoms with van der Waals surface area (Å²) < 4.78 is 30.6. The molecule has 0 aromatic carbocycles. The van der Waals surface area contributed by atoms with Crippen molar-refractivity contribution in [2.75, 3.05) is 37.5 Å². The van der Waals surface area contributed by atoms with E-state index in [1.54, 1.807) is 24.5 Å². The topological polar surface area (TPSA) is 101 Å². The zero-order valence-electron chi connectivity index (χ0n) is 14.6. The van der Waals surface area contributed by atoms with E-state index >= 15 is 0 Å². The Bertz CT molecular complexity index is 1060. The maximum atomic E-state index is 12.6. The zero-order valence-corrected chi connectivity index (χ0v) is 15.4. The molecule has 0 radical (unpaired) electrons.